The van der Waals surface area contributed by atoms with E-state index in [1.165, 1.54) is 0 Å². The SMILES string of the molecule is CN=C(NCc1cccc(OCCOC)c1)N1CCCC(CC(N)=O)C1.I. The van der Waals surface area contributed by atoms with E-state index in [0.717, 1.165) is 43.2 Å². The number of hydrogen-bond acceptors (Lipinski definition) is 4. The molecule has 1 aromatic carbocycles. The van der Waals surface area contributed by atoms with E-state index in [0.29, 0.717) is 32.1 Å². The Morgan fingerprint density at radius 1 is 1.41 bits per heavy atom. The van der Waals surface area contributed by atoms with Crippen molar-refractivity contribution in [3.63, 3.8) is 0 Å². The first kappa shape index (κ1) is 23.5. The number of nitrogens with two attached hydrogens (primary N) is 1. The molecule has 2 rings (SSSR count). The molecule has 0 radical (unpaired) electrons. The summed E-state index contributed by atoms with van der Waals surface area (Å²) in [6.45, 7) is 3.50. The third kappa shape index (κ3) is 8.34. The molecular formula is C19H31IN4O3. The second kappa shape index (κ2) is 12.8. The highest BCUT2D eigenvalue weighted by atomic mass is 127. The molecule has 8 heteroatoms. The molecule has 0 bridgehead atoms. The molecule has 1 aliphatic rings. The third-order valence-corrected chi connectivity index (χ3v) is 4.43. The molecule has 152 valence electrons. The van der Waals surface area contributed by atoms with E-state index in [-0.39, 0.29) is 29.9 Å². The number of aliphatic imine (C=N–C) groups is 1. The number of guanidine groups is 1. The summed E-state index contributed by atoms with van der Waals surface area (Å²) in [6.07, 6.45) is 2.52. The number of carbonyl (C=O) groups excluding carboxylic acids is 1. The summed E-state index contributed by atoms with van der Waals surface area (Å²) in [5.41, 5.74) is 6.46. The second-order valence-corrected chi connectivity index (χ2v) is 6.51. The van der Waals surface area contributed by atoms with Gasteiger partial charge in [0.1, 0.15) is 12.4 Å². The highest BCUT2D eigenvalue weighted by molar-refractivity contribution is 14.0. The maximum atomic E-state index is 11.2. The number of halogens is 1. The minimum Gasteiger partial charge on any atom is -0.491 e. The number of carbonyl (C=O) groups is 1. The van der Waals surface area contributed by atoms with Crippen LogP contribution in [-0.4, -0.2) is 57.2 Å². The van der Waals surface area contributed by atoms with Crippen molar-refractivity contribution in [3.05, 3.63) is 29.8 Å². The fraction of sp³-hybridized carbons (Fsp3) is 0.579. The zero-order valence-corrected chi connectivity index (χ0v) is 18.5. The second-order valence-electron chi connectivity index (χ2n) is 6.51. The van der Waals surface area contributed by atoms with Gasteiger partial charge < -0.3 is 25.4 Å². The van der Waals surface area contributed by atoms with Gasteiger partial charge in [0.25, 0.3) is 0 Å². The zero-order chi connectivity index (χ0) is 18.8. The molecule has 1 heterocycles. The quantitative estimate of drug-likeness (QED) is 0.252. The van der Waals surface area contributed by atoms with E-state index in [2.05, 4.69) is 21.3 Å². The highest BCUT2D eigenvalue weighted by Crippen LogP contribution is 2.19. The molecule has 1 amide bonds. The first-order valence-electron chi connectivity index (χ1n) is 9.07. The van der Waals surface area contributed by atoms with Gasteiger partial charge in [-0.05, 0) is 36.5 Å². The topological polar surface area (TPSA) is 89.2 Å². The Hall–Kier alpha value is -1.55. The summed E-state index contributed by atoms with van der Waals surface area (Å²) in [6, 6.07) is 7.98. The molecule has 1 aliphatic heterocycles. The lowest BCUT2D eigenvalue weighted by Crippen LogP contribution is -2.46. The molecule has 1 saturated heterocycles. The van der Waals surface area contributed by atoms with E-state index < -0.39 is 0 Å². The molecule has 1 unspecified atom stereocenters. The van der Waals surface area contributed by atoms with Crippen LogP contribution in [0, 0.1) is 5.92 Å². The van der Waals surface area contributed by atoms with Gasteiger partial charge in [-0.2, -0.15) is 0 Å². The van der Waals surface area contributed by atoms with E-state index in [9.17, 15) is 4.79 Å². The molecule has 1 aromatic rings. The predicted molar refractivity (Wildman–Crippen MR) is 118 cm³/mol. The Morgan fingerprint density at radius 3 is 2.93 bits per heavy atom. The number of primary amides is 1. The number of amides is 1. The monoisotopic (exact) mass is 490 g/mol. The lowest BCUT2D eigenvalue weighted by Gasteiger charge is -2.34. The van der Waals surface area contributed by atoms with Gasteiger partial charge in [-0.1, -0.05) is 12.1 Å². The number of benzene rings is 1. The molecular weight excluding hydrogens is 459 g/mol. The number of hydrogen-bond donors (Lipinski definition) is 2. The third-order valence-electron chi connectivity index (χ3n) is 4.43. The summed E-state index contributed by atoms with van der Waals surface area (Å²) in [5.74, 6) is 1.75. The summed E-state index contributed by atoms with van der Waals surface area (Å²) >= 11 is 0. The molecule has 0 aliphatic carbocycles. The number of rotatable bonds is 8. The molecule has 7 nitrogen and oxygen atoms in total. The van der Waals surface area contributed by atoms with Crippen LogP contribution in [0.2, 0.25) is 0 Å². The van der Waals surface area contributed by atoms with E-state index in [4.69, 9.17) is 15.2 Å². The van der Waals surface area contributed by atoms with E-state index in [1.54, 1.807) is 14.2 Å². The number of nitrogens with zero attached hydrogens (tertiary/aromatic N) is 2. The van der Waals surface area contributed by atoms with Crippen molar-refractivity contribution in [2.24, 2.45) is 16.6 Å². The predicted octanol–water partition coefficient (Wildman–Crippen LogP) is 1.99. The largest absolute Gasteiger partial charge is 0.491 e. The Labute approximate surface area is 178 Å². The van der Waals surface area contributed by atoms with Crippen molar-refractivity contribution in [3.8, 4) is 5.75 Å². The molecule has 1 fully saturated rings. The average Bonchev–Trinajstić information content (AvgIpc) is 2.63. The van der Waals surface area contributed by atoms with Crippen LogP contribution in [0.5, 0.6) is 5.75 Å². The average molecular weight is 490 g/mol. The van der Waals surface area contributed by atoms with Crippen LogP contribution < -0.4 is 15.8 Å². The lowest BCUT2D eigenvalue weighted by atomic mass is 9.95. The fourth-order valence-corrected chi connectivity index (χ4v) is 3.21. The van der Waals surface area contributed by atoms with Crippen molar-refractivity contribution in [2.45, 2.75) is 25.8 Å². The maximum Gasteiger partial charge on any atom is 0.217 e. The van der Waals surface area contributed by atoms with Crippen LogP contribution in [0.3, 0.4) is 0 Å². The Morgan fingerprint density at radius 2 is 2.22 bits per heavy atom. The number of ether oxygens (including phenoxy) is 2. The Bertz CT molecular complexity index is 612. The van der Waals surface area contributed by atoms with Crippen LogP contribution >= 0.6 is 24.0 Å². The minimum absolute atomic E-state index is 0. The van der Waals surface area contributed by atoms with Crippen LogP contribution in [0.25, 0.3) is 0 Å². The number of piperidine rings is 1. The van der Waals surface area contributed by atoms with Gasteiger partial charge >= 0.3 is 0 Å². The standard InChI is InChI=1S/C19H30N4O3.HI/c1-21-19(23-8-4-6-16(14-23)12-18(20)24)22-13-15-5-3-7-17(11-15)26-10-9-25-2;/h3,5,7,11,16H,4,6,8-10,12-14H2,1-2H3,(H2,20,24)(H,21,22);1H. The number of methoxy groups -OCH3 is 1. The van der Waals surface area contributed by atoms with Crippen LogP contribution in [0.15, 0.2) is 29.3 Å². The minimum atomic E-state index is -0.231. The molecule has 1 atom stereocenters. The normalized spacial score (nSPS) is 17.2. The molecule has 3 N–H and O–H groups in total. The van der Waals surface area contributed by atoms with E-state index in [1.807, 2.05) is 18.2 Å². The smallest absolute Gasteiger partial charge is 0.217 e. The van der Waals surface area contributed by atoms with Crippen molar-refractivity contribution in [1.29, 1.82) is 0 Å². The van der Waals surface area contributed by atoms with Gasteiger partial charge in [-0.3, -0.25) is 9.79 Å². The van der Waals surface area contributed by atoms with Crippen LogP contribution in [0.1, 0.15) is 24.8 Å². The number of nitrogens with one attached hydrogen (secondary N) is 1. The van der Waals surface area contributed by atoms with Gasteiger partial charge in [0.15, 0.2) is 5.96 Å². The van der Waals surface area contributed by atoms with E-state index >= 15 is 0 Å². The summed E-state index contributed by atoms with van der Waals surface area (Å²) in [7, 11) is 3.44. The zero-order valence-electron chi connectivity index (χ0n) is 16.1. The maximum absolute atomic E-state index is 11.2. The summed E-state index contributed by atoms with van der Waals surface area (Å²) in [4.78, 5) is 17.8. The Kier molecular flexibility index (Phi) is 11.1. The van der Waals surface area contributed by atoms with Gasteiger partial charge in [-0.25, -0.2) is 0 Å². The lowest BCUT2D eigenvalue weighted by molar-refractivity contribution is -0.119. The summed E-state index contributed by atoms with van der Waals surface area (Å²) in [5, 5.41) is 3.40. The first-order valence-corrected chi connectivity index (χ1v) is 9.07. The Balaban J connectivity index is 0.00000364. The highest BCUT2D eigenvalue weighted by Gasteiger charge is 2.23. The molecule has 0 saturated carbocycles. The van der Waals surface area contributed by atoms with Crippen molar-refractivity contribution >= 4 is 35.8 Å². The van der Waals surface area contributed by atoms with Crippen LogP contribution in [-0.2, 0) is 16.1 Å². The summed E-state index contributed by atoms with van der Waals surface area (Å²) < 4.78 is 10.6. The number of likely N-dealkylation sites (tertiary alicyclic amines) is 1. The molecule has 27 heavy (non-hydrogen) atoms. The fourth-order valence-electron chi connectivity index (χ4n) is 3.21. The van der Waals surface area contributed by atoms with Crippen molar-refractivity contribution in [1.82, 2.24) is 10.2 Å². The van der Waals surface area contributed by atoms with Crippen molar-refractivity contribution < 1.29 is 14.3 Å². The van der Waals surface area contributed by atoms with Gasteiger partial charge in [0, 0.05) is 40.2 Å². The molecule has 0 aromatic heterocycles. The van der Waals surface area contributed by atoms with Gasteiger partial charge in [-0.15, -0.1) is 24.0 Å². The van der Waals surface area contributed by atoms with Gasteiger partial charge in [0.2, 0.25) is 5.91 Å². The van der Waals surface area contributed by atoms with Crippen LogP contribution in [0.4, 0.5) is 0 Å². The van der Waals surface area contributed by atoms with Crippen molar-refractivity contribution in [2.75, 3.05) is 40.5 Å². The first-order chi connectivity index (χ1) is 12.6. The van der Waals surface area contributed by atoms with Gasteiger partial charge in [0.05, 0.1) is 6.61 Å². The molecule has 0 spiro atoms.